The first-order valence-electron chi connectivity index (χ1n) is 3.21. The molecular weight excluding hydrogens is 152 g/mol. The van der Waals surface area contributed by atoms with E-state index in [1.807, 2.05) is 0 Å². The monoisotopic (exact) mass is 162 g/mol. The molecular formula is C6H10O5. The molecule has 0 amide bonds. The Labute approximate surface area is 63.5 Å². The topological polar surface area (TPSA) is 76.0 Å². The van der Waals surface area contributed by atoms with Gasteiger partial charge in [-0.15, -0.1) is 0 Å². The zero-order chi connectivity index (χ0) is 8.43. The Kier molecular flexibility index (Phi) is 2.56. The van der Waals surface area contributed by atoms with E-state index in [-0.39, 0.29) is 6.61 Å². The third-order valence-electron chi connectivity index (χ3n) is 1.57. The number of Topliss-reactive ketones (excluding diaryl/α,β-unsaturated/α-hetero) is 1. The van der Waals surface area contributed by atoms with Crippen molar-refractivity contribution in [2.45, 2.75) is 18.5 Å². The fourth-order valence-corrected chi connectivity index (χ4v) is 0.937. The molecule has 2 N–H and O–H groups in total. The van der Waals surface area contributed by atoms with Crippen LogP contribution in [0.15, 0.2) is 0 Å². The van der Waals surface area contributed by atoms with E-state index in [2.05, 4.69) is 4.74 Å². The molecule has 1 rings (SSSR count). The number of carbonyl (C=O) groups excluding carboxylic acids is 1. The molecule has 11 heavy (non-hydrogen) atoms. The maximum Gasteiger partial charge on any atom is 0.220 e. The molecule has 0 aromatic heterocycles. The lowest BCUT2D eigenvalue weighted by molar-refractivity contribution is -0.152. The molecule has 0 spiro atoms. The number of ether oxygens (including phenoxy) is 2. The second-order valence-electron chi connectivity index (χ2n) is 2.27. The number of aliphatic hydroxyl groups excluding tert-OH is 2. The Morgan fingerprint density at radius 3 is 2.64 bits per heavy atom. The van der Waals surface area contributed by atoms with Crippen LogP contribution in [-0.2, 0) is 14.3 Å². The van der Waals surface area contributed by atoms with E-state index in [0.29, 0.717) is 0 Å². The Hall–Kier alpha value is -0.490. The van der Waals surface area contributed by atoms with E-state index in [1.54, 1.807) is 0 Å². The highest BCUT2D eigenvalue weighted by atomic mass is 16.7. The number of rotatable bonds is 2. The number of hydrogen-bond donors (Lipinski definition) is 2. The summed E-state index contributed by atoms with van der Waals surface area (Å²) in [6.07, 6.45) is -3.13. The Morgan fingerprint density at radius 2 is 2.36 bits per heavy atom. The van der Waals surface area contributed by atoms with Gasteiger partial charge >= 0.3 is 0 Å². The summed E-state index contributed by atoms with van der Waals surface area (Å²) >= 11 is 0. The summed E-state index contributed by atoms with van der Waals surface area (Å²) in [4.78, 5) is 10.9. The molecule has 3 atom stereocenters. The summed E-state index contributed by atoms with van der Waals surface area (Å²) in [5, 5.41) is 17.6. The molecule has 5 nitrogen and oxygen atoms in total. The molecule has 1 aliphatic rings. The summed E-state index contributed by atoms with van der Waals surface area (Å²) in [7, 11) is 1.30. The van der Waals surface area contributed by atoms with Crippen molar-refractivity contribution in [3.8, 4) is 0 Å². The summed E-state index contributed by atoms with van der Waals surface area (Å²) in [6.45, 7) is -0.382. The lowest BCUT2D eigenvalue weighted by Crippen LogP contribution is -2.29. The normalized spacial score (nSPS) is 38.1. The second kappa shape index (κ2) is 3.27. The van der Waals surface area contributed by atoms with Gasteiger partial charge in [-0.05, 0) is 0 Å². The van der Waals surface area contributed by atoms with Crippen molar-refractivity contribution in [1.82, 2.24) is 0 Å². The van der Waals surface area contributed by atoms with Crippen molar-refractivity contribution >= 4 is 5.78 Å². The third kappa shape index (κ3) is 1.41. The van der Waals surface area contributed by atoms with Crippen LogP contribution in [0, 0.1) is 0 Å². The van der Waals surface area contributed by atoms with Gasteiger partial charge < -0.3 is 19.7 Å². The van der Waals surface area contributed by atoms with Crippen LogP contribution < -0.4 is 0 Å². The van der Waals surface area contributed by atoms with Gasteiger partial charge in [-0.2, -0.15) is 0 Å². The summed E-state index contributed by atoms with van der Waals surface area (Å²) in [5.41, 5.74) is 0. The van der Waals surface area contributed by atoms with Crippen molar-refractivity contribution in [3.05, 3.63) is 0 Å². The first-order valence-corrected chi connectivity index (χ1v) is 3.21. The molecule has 0 aliphatic carbocycles. The first-order chi connectivity index (χ1) is 5.20. The SMILES string of the molecule is COC1O[C@H](CO)[C@H](O)C1=O. The van der Waals surface area contributed by atoms with E-state index in [9.17, 15) is 4.79 Å². The molecule has 0 saturated carbocycles. The molecule has 1 saturated heterocycles. The Bertz CT molecular complexity index is 153. The highest BCUT2D eigenvalue weighted by Gasteiger charge is 2.42. The van der Waals surface area contributed by atoms with Gasteiger partial charge in [0.25, 0.3) is 0 Å². The van der Waals surface area contributed by atoms with Crippen molar-refractivity contribution in [3.63, 3.8) is 0 Å². The highest BCUT2D eigenvalue weighted by molar-refractivity contribution is 5.88. The van der Waals surface area contributed by atoms with Crippen LogP contribution >= 0.6 is 0 Å². The molecule has 1 aliphatic heterocycles. The van der Waals surface area contributed by atoms with E-state index in [1.165, 1.54) is 7.11 Å². The van der Waals surface area contributed by atoms with Crippen molar-refractivity contribution in [1.29, 1.82) is 0 Å². The quantitative estimate of drug-likeness (QED) is 0.505. The van der Waals surface area contributed by atoms with Crippen LogP contribution in [0.5, 0.6) is 0 Å². The van der Waals surface area contributed by atoms with Crippen LogP contribution in [0.1, 0.15) is 0 Å². The number of aliphatic hydroxyl groups is 2. The van der Waals surface area contributed by atoms with Crippen LogP contribution in [0.4, 0.5) is 0 Å². The number of methoxy groups -OCH3 is 1. The second-order valence-corrected chi connectivity index (χ2v) is 2.27. The minimum atomic E-state index is -1.26. The fraction of sp³-hybridized carbons (Fsp3) is 0.833. The standard InChI is InChI=1S/C6H10O5/c1-10-6-5(9)4(8)3(2-7)11-6/h3-4,6-8H,2H2,1H3/t3-,4+,6?/m1/s1. The van der Waals surface area contributed by atoms with Gasteiger partial charge in [0.2, 0.25) is 12.1 Å². The highest BCUT2D eigenvalue weighted by Crippen LogP contribution is 2.16. The summed E-state index contributed by atoms with van der Waals surface area (Å²) in [6, 6.07) is 0. The molecule has 64 valence electrons. The van der Waals surface area contributed by atoms with Crippen LogP contribution in [0.3, 0.4) is 0 Å². The maximum absolute atomic E-state index is 10.9. The van der Waals surface area contributed by atoms with Crippen LogP contribution in [-0.4, -0.2) is 48.2 Å². The maximum atomic E-state index is 10.9. The van der Waals surface area contributed by atoms with Gasteiger partial charge in [0.1, 0.15) is 12.2 Å². The molecule has 0 aromatic carbocycles. The average molecular weight is 162 g/mol. The van der Waals surface area contributed by atoms with Crippen LogP contribution in [0.2, 0.25) is 0 Å². The van der Waals surface area contributed by atoms with E-state index in [4.69, 9.17) is 14.9 Å². The number of hydrogen-bond acceptors (Lipinski definition) is 5. The predicted molar refractivity (Wildman–Crippen MR) is 33.8 cm³/mol. The first kappa shape index (κ1) is 8.61. The van der Waals surface area contributed by atoms with Crippen molar-refractivity contribution in [2.75, 3.05) is 13.7 Å². The molecule has 5 heteroatoms. The predicted octanol–water partition coefficient (Wildman–Crippen LogP) is -1.72. The summed E-state index contributed by atoms with van der Waals surface area (Å²) < 4.78 is 9.40. The average Bonchev–Trinajstić information content (AvgIpc) is 2.30. The Balaban J connectivity index is 2.61. The van der Waals surface area contributed by atoms with Crippen molar-refractivity contribution < 1.29 is 24.5 Å². The largest absolute Gasteiger partial charge is 0.394 e. The van der Waals surface area contributed by atoms with Gasteiger partial charge in [0.05, 0.1) is 6.61 Å². The minimum absolute atomic E-state index is 0.382. The van der Waals surface area contributed by atoms with Crippen molar-refractivity contribution in [2.24, 2.45) is 0 Å². The Morgan fingerprint density at radius 1 is 1.73 bits per heavy atom. The zero-order valence-corrected chi connectivity index (χ0v) is 6.06. The fourth-order valence-electron chi connectivity index (χ4n) is 0.937. The van der Waals surface area contributed by atoms with Gasteiger partial charge in [0.15, 0.2) is 0 Å². The zero-order valence-electron chi connectivity index (χ0n) is 6.06. The molecule has 1 fully saturated rings. The van der Waals surface area contributed by atoms with Gasteiger partial charge in [-0.1, -0.05) is 0 Å². The molecule has 0 bridgehead atoms. The molecule has 0 radical (unpaired) electrons. The van der Waals surface area contributed by atoms with Gasteiger partial charge in [0, 0.05) is 7.11 Å². The lowest BCUT2D eigenvalue weighted by Gasteiger charge is -2.07. The number of ketones is 1. The number of carbonyl (C=O) groups is 1. The van der Waals surface area contributed by atoms with Crippen LogP contribution in [0.25, 0.3) is 0 Å². The van der Waals surface area contributed by atoms with E-state index < -0.39 is 24.3 Å². The molecule has 1 unspecified atom stereocenters. The molecule has 0 aromatic rings. The van der Waals surface area contributed by atoms with Gasteiger partial charge in [-0.3, -0.25) is 4.79 Å². The van der Waals surface area contributed by atoms with E-state index >= 15 is 0 Å². The van der Waals surface area contributed by atoms with Gasteiger partial charge in [-0.25, -0.2) is 0 Å². The minimum Gasteiger partial charge on any atom is -0.394 e. The summed E-state index contributed by atoms with van der Waals surface area (Å²) in [5.74, 6) is -0.536. The lowest BCUT2D eigenvalue weighted by atomic mass is 10.2. The van der Waals surface area contributed by atoms with E-state index in [0.717, 1.165) is 0 Å². The third-order valence-corrected chi connectivity index (χ3v) is 1.57. The smallest absolute Gasteiger partial charge is 0.220 e. The molecule has 1 heterocycles.